The van der Waals surface area contributed by atoms with Gasteiger partial charge in [-0.2, -0.15) is 0 Å². The number of carbonyl (C=O) groups is 1. The van der Waals surface area contributed by atoms with E-state index in [1.165, 1.54) is 14.2 Å². The lowest BCUT2D eigenvalue weighted by molar-refractivity contribution is -0.130. The Kier molecular flexibility index (Phi) is 12.2. The van der Waals surface area contributed by atoms with Crippen molar-refractivity contribution in [1.82, 2.24) is 10.9 Å². The van der Waals surface area contributed by atoms with Crippen LogP contribution in [0.15, 0.2) is 99.5 Å². The fourth-order valence-electron chi connectivity index (χ4n) is 5.62. The number of hydrogen-bond acceptors (Lipinski definition) is 10. The number of halogens is 1. The minimum atomic E-state index is -1.60. The molecule has 0 spiro atoms. The van der Waals surface area contributed by atoms with Crippen molar-refractivity contribution >= 4 is 33.4 Å². The number of methoxy groups -OCH3 is 3. The van der Waals surface area contributed by atoms with Crippen molar-refractivity contribution in [2.24, 2.45) is 10.1 Å². The maximum atomic E-state index is 14.7. The van der Waals surface area contributed by atoms with Crippen molar-refractivity contribution < 1.29 is 33.6 Å². The predicted molar refractivity (Wildman–Crippen MR) is 191 cm³/mol. The highest BCUT2D eigenvalue weighted by atomic mass is 79.9. The Balaban J connectivity index is 1.57. The highest BCUT2D eigenvalue weighted by Crippen LogP contribution is 2.45. The molecule has 1 amide bonds. The largest absolute Gasteiger partial charge is 0.496 e. The van der Waals surface area contributed by atoms with Crippen LogP contribution in [-0.2, 0) is 22.5 Å². The van der Waals surface area contributed by atoms with Gasteiger partial charge in [-0.25, -0.2) is 10.4 Å². The molecule has 13 nitrogen and oxygen atoms in total. The van der Waals surface area contributed by atoms with Crippen LogP contribution in [0, 0.1) is 0 Å². The molecule has 0 bridgehead atoms. The van der Waals surface area contributed by atoms with E-state index in [1.54, 1.807) is 67.8 Å². The summed E-state index contributed by atoms with van der Waals surface area (Å²) in [4.78, 5) is 22.8. The van der Waals surface area contributed by atoms with Gasteiger partial charge in [0.1, 0.15) is 23.0 Å². The van der Waals surface area contributed by atoms with Gasteiger partial charge in [0.05, 0.1) is 33.5 Å². The second-order valence-corrected chi connectivity index (χ2v) is 12.0. The summed E-state index contributed by atoms with van der Waals surface area (Å²) in [5, 5.41) is 13.0. The predicted octanol–water partition coefficient (Wildman–Crippen LogP) is 6.50. The number of azide groups is 1. The van der Waals surface area contributed by atoms with Crippen LogP contribution >= 0.6 is 15.9 Å². The van der Waals surface area contributed by atoms with Gasteiger partial charge in [0.2, 0.25) is 5.90 Å². The Labute approximate surface area is 297 Å². The molecule has 1 heterocycles. The SMILES string of the molecule is COc1cc(OC)c(CNNC(=O)[C@@]2(Cc3ccccc3N=[N+]=[N-])N=C(c3ccc(OCCCO)cc3)O[C@H]2c2ccccc2Br)c(OC)c1. The van der Waals surface area contributed by atoms with Gasteiger partial charge >= 0.3 is 0 Å². The van der Waals surface area contributed by atoms with Crippen LogP contribution in [-0.4, -0.2) is 57.0 Å². The third kappa shape index (κ3) is 7.95. The molecule has 1 aliphatic rings. The van der Waals surface area contributed by atoms with Crippen LogP contribution in [0.4, 0.5) is 5.69 Å². The molecule has 0 radical (unpaired) electrons. The zero-order valence-electron chi connectivity index (χ0n) is 27.8. The zero-order chi connectivity index (χ0) is 35.5. The average Bonchev–Trinajstić information content (AvgIpc) is 3.53. The monoisotopic (exact) mass is 744 g/mol. The maximum absolute atomic E-state index is 14.7. The summed E-state index contributed by atoms with van der Waals surface area (Å²) in [5.74, 6) is 1.90. The molecule has 0 unspecified atom stereocenters. The van der Waals surface area contributed by atoms with E-state index < -0.39 is 17.6 Å². The number of aliphatic hydroxyl groups excluding tert-OH is 1. The summed E-state index contributed by atoms with van der Waals surface area (Å²) >= 11 is 3.66. The molecular weight excluding hydrogens is 708 g/mol. The number of amides is 1. The fourth-order valence-corrected chi connectivity index (χ4v) is 6.11. The van der Waals surface area contributed by atoms with Gasteiger partial charge in [0.15, 0.2) is 11.6 Å². The Morgan fingerprint density at radius 3 is 2.36 bits per heavy atom. The van der Waals surface area contributed by atoms with Crippen LogP contribution < -0.4 is 29.8 Å². The highest BCUT2D eigenvalue weighted by Gasteiger charge is 2.54. The lowest BCUT2D eigenvalue weighted by atomic mass is 9.81. The molecule has 0 saturated heterocycles. The van der Waals surface area contributed by atoms with E-state index in [9.17, 15) is 10.3 Å². The van der Waals surface area contributed by atoms with Gasteiger partial charge in [-0.3, -0.25) is 10.2 Å². The van der Waals surface area contributed by atoms with E-state index >= 15 is 0 Å². The molecule has 4 aromatic carbocycles. The number of aliphatic imine (C=N–C) groups is 1. The maximum Gasteiger partial charge on any atom is 0.266 e. The summed E-state index contributed by atoms with van der Waals surface area (Å²) in [6.45, 7) is 0.525. The minimum absolute atomic E-state index is 0.0166. The van der Waals surface area contributed by atoms with E-state index in [2.05, 4.69) is 36.8 Å². The van der Waals surface area contributed by atoms with E-state index in [-0.39, 0.29) is 25.5 Å². The second-order valence-electron chi connectivity index (χ2n) is 11.1. The zero-order valence-corrected chi connectivity index (χ0v) is 29.3. The molecule has 50 heavy (non-hydrogen) atoms. The first-order valence-corrected chi connectivity index (χ1v) is 16.5. The van der Waals surface area contributed by atoms with Crippen LogP contribution in [0.2, 0.25) is 0 Å². The van der Waals surface area contributed by atoms with Crippen molar-refractivity contribution in [2.75, 3.05) is 34.5 Å². The van der Waals surface area contributed by atoms with E-state index in [0.717, 1.165) is 4.47 Å². The summed E-state index contributed by atoms with van der Waals surface area (Å²) in [6, 6.07) is 25.1. The number of hydrazine groups is 1. The molecule has 5 rings (SSSR count). The minimum Gasteiger partial charge on any atom is -0.496 e. The van der Waals surface area contributed by atoms with Crippen molar-refractivity contribution in [3.05, 3.63) is 122 Å². The Hall–Kier alpha value is -5.27. The molecule has 4 aromatic rings. The van der Waals surface area contributed by atoms with E-state index in [1.807, 2.05) is 24.3 Å². The van der Waals surface area contributed by atoms with Gasteiger partial charge in [-0.15, -0.1) is 0 Å². The normalized spacial score (nSPS) is 16.4. The first-order chi connectivity index (χ1) is 24.4. The highest BCUT2D eigenvalue weighted by molar-refractivity contribution is 9.10. The molecule has 0 fully saturated rings. The Morgan fingerprint density at radius 2 is 1.70 bits per heavy atom. The topological polar surface area (TPSA) is 169 Å². The number of carbonyl (C=O) groups excluding carboxylic acids is 1. The number of nitrogens with zero attached hydrogens (tertiary/aromatic N) is 4. The fraction of sp³-hybridized carbons (Fsp3) is 0.278. The molecule has 1 aliphatic heterocycles. The van der Waals surface area contributed by atoms with Crippen molar-refractivity contribution in [1.29, 1.82) is 0 Å². The van der Waals surface area contributed by atoms with Crippen molar-refractivity contribution in [2.45, 2.75) is 31.0 Å². The summed E-state index contributed by atoms with van der Waals surface area (Å²) in [6.07, 6.45) is -0.394. The number of rotatable bonds is 16. The van der Waals surface area contributed by atoms with E-state index in [0.29, 0.717) is 64.0 Å². The Bertz CT molecular complexity index is 1860. The summed E-state index contributed by atoms with van der Waals surface area (Å²) in [7, 11) is 4.62. The molecule has 3 N–H and O–H groups in total. The Morgan fingerprint density at radius 1 is 1.00 bits per heavy atom. The summed E-state index contributed by atoms with van der Waals surface area (Å²) in [5.41, 5.74) is 16.5. The quantitative estimate of drug-likeness (QED) is 0.0384. The molecule has 2 atom stereocenters. The van der Waals surface area contributed by atoms with Crippen molar-refractivity contribution in [3.63, 3.8) is 0 Å². The molecule has 260 valence electrons. The molecule has 0 aliphatic carbocycles. The molecule has 0 aromatic heterocycles. The number of aliphatic hydroxyl groups is 1. The third-order valence-corrected chi connectivity index (χ3v) is 8.83. The smallest absolute Gasteiger partial charge is 0.266 e. The average molecular weight is 746 g/mol. The number of hydrogen-bond donors (Lipinski definition) is 3. The number of ether oxygens (including phenoxy) is 5. The standard InChI is InChI=1S/C36H37BrN6O7/c1-46-26-19-31(47-2)28(32(20-26)48-3)22-39-42-35(45)36(21-24-9-4-7-12-30(24)41-43-38)33(27-10-5-6-11-29(27)37)50-34(40-36)23-13-15-25(16-14-23)49-18-8-17-44/h4-7,9-16,19-20,33,39,44H,8,17-18,21-22H2,1-3H3,(H,42,45)/t33-,36-/m0/s1. The van der Waals surface area contributed by atoms with Crippen LogP contribution in [0.3, 0.4) is 0 Å². The first-order valence-electron chi connectivity index (χ1n) is 15.7. The number of nitrogens with one attached hydrogen (secondary N) is 2. The molecule has 0 saturated carbocycles. The summed E-state index contributed by atoms with van der Waals surface area (Å²) < 4.78 is 29.6. The number of benzene rings is 4. The van der Waals surface area contributed by atoms with Crippen molar-refractivity contribution in [3.8, 4) is 23.0 Å². The van der Waals surface area contributed by atoms with Gasteiger partial charge < -0.3 is 28.8 Å². The lowest BCUT2D eigenvalue weighted by Gasteiger charge is -2.31. The molecular formula is C36H37BrN6O7. The van der Waals surface area contributed by atoms with Gasteiger partial charge in [-0.1, -0.05) is 63.5 Å². The second kappa shape index (κ2) is 16.9. The third-order valence-electron chi connectivity index (χ3n) is 8.11. The van der Waals surface area contributed by atoms with Gasteiger partial charge in [-0.05, 0) is 41.4 Å². The molecule has 14 heteroatoms. The van der Waals surface area contributed by atoms with Gasteiger partial charge in [0.25, 0.3) is 5.91 Å². The van der Waals surface area contributed by atoms with E-state index in [4.69, 9.17) is 33.8 Å². The van der Waals surface area contributed by atoms with Gasteiger partial charge in [0, 0.05) is 64.3 Å². The van der Waals surface area contributed by atoms with Crippen LogP contribution in [0.5, 0.6) is 23.0 Å². The van der Waals surface area contributed by atoms with Crippen LogP contribution in [0.25, 0.3) is 10.4 Å². The van der Waals surface area contributed by atoms with Crippen LogP contribution in [0.1, 0.15) is 34.8 Å². The lowest BCUT2D eigenvalue weighted by Crippen LogP contribution is -2.53. The first kappa shape index (κ1) is 36.0.